The molecule has 0 aliphatic heterocycles. The smallest absolute Gasteiger partial charge is 0.325 e. The molecule has 0 aliphatic carbocycles. The van der Waals surface area contributed by atoms with E-state index in [1.54, 1.807) is 26.0 Å². The summed E-state index contributed by atoms with van der Waals surface area (Å²) < 4.78 is 39.7. The third kappa shape index (κ3) is 4.06. The van der Waals surface area contributed by atoms with Crippen LogP contribution in [0, 0.1) is 25.2 Å². The second-order valence-corrected chi connectivity index (χ2v) is 5.99. The minimum Gasteiger partial charge on any atom is -0.325 e. The van der Waals surface area contributed by atoms with Gasteiger partial charge in [0.2, 0.25) is 5.91 Å². The van der Waals surface area contributed by atoms with Gasteiger partial charge in [0.15, 0.2) is 0 Å². The lowest BCUT2D eigenvalue weighted by atomic mass is 10.1. The van der Waals surface area contributed by atoms with Crippen LogP contribution in [0.1, 0.15) is 22.4 Å². The van der Waals surface area contributed by atoms with Gasteiger partial charge < -0.3 is 9.88 Å². The Morgan fingerprint density at radius 3 is 2.54 bits per heavy atom. The Labute approximate surface area is 151 Å². The molecule has 0 bridgehead atoms. The third-order valence-electron chi connectivity index (χ3n) is 3.67. The lowest BCUT2D eigenvalue weighted by molar-refractivity contribution is -0.137. The van der Waals surface area contributed by atoms with Gasteiger partial charge in [0, 0.05) is 11.4 Å². The number of nitrogens with zero attached hydrogens (tertiary/aromatic N) is 2. The zero-order valence-electron chi connectivity index (χ0n) is 13.7. The van der Waals surface area contributed by atoms with Crippen LogP contribution in [0.2, 0.25) is 5.02 Å². The van der Waals surface area contributed by atoms with Crippen LogP contribution in [-0.4, -0.2) is 10.5 Å². The Kier molecular flexibility index (Phi) is 5.42. The molecule has 1 N–H and O–H groups in total. The largest absolute Gasteiger partial charge is 0.417 e. The number of alkyl halides is 3. The molecule has 136 valence electrons. The highest BCUT2D eigenvalue weighted by Crippen LogP contribution is 2.36. The molecule has 1 aromatic carbocycles. The Balaban J connectivity index is 2.29. The first-order valence-electron chi connectivity index (χ1n) is 7.32. The van der Waals surface area contributed by atoms with E-state index in [0.29, 0.717) is 17.3 Å². The third-order valence-corrected chi connectivity index (χ3v) is 4.00. The molecule has 1 amide bonds. The second kappa shape index (κ2) is 7.22. The number of hydrogen-bond donors (Lipinski definition) is 1. The van der Waals surface area contributed by atoms with Crippen LogP contribution in [0.15, 0.2) is 29.1 Å². The highest BCUT2D eigenvalue weighted by molar-refractivity contribution is 6.31. The van der Waals surface area contributed by atoms with E-state index in [2.05, 4.69) is 5.32 Å². The first kappa shape index (κ1) is 19.5. The summed E-state index contributed by atoms with van der Waals surface area (Å²) in [5, 5.41) is 10.8. The fourth-order valence-electron chi connectivity index (χ4n) is 2.42. The Morgan fingerprint density at radius 2 is 1.96 bits per heavy atom. The van der Waals surface area contributed by atoms with Crippen molar-refractivity contribution >= 4 is 23.2 Å². The van der Waals surface area contributed by atoms with Gasteiger partial charge in [0.05, 0.1) is 10.6 Å². The number of aryl methyl sites for hydroxylation is 2. The van der Waals surface area contributed by atoms with Crippen LogP contribution >= 0.6 is 11.6 Å². The highest BCUT2D eigenvalue weighted by Gasteiger charge is 2.33. The van der Waals surface area contributed by atoms with Crippen molar-refractivity contribution in [1.29, 1.82) is 5.26 Å². The van der Waals surface area contributed by atoms with Crippen molar-refractivity contribution < 1.29 is 18.0 Å². The second-order valence-electron chi connectivity index (χ2n) is 5.59. The maximum Gasteiger partial charge on any atom is 0.417 e. The summed E-state index contributed by atoms with van der Waals surface area (Å²) >= 11 is 5.53. The van der Waals surface area contributed by atoms with Crippen LogP contribution in [-0.2, 0) is 17.5 Å². The number of carbonyl (C=O) groups is 1. The predicted octanol–water partition coefficient (Wildman–Crippen LogP) is 3.65. The average Bonchev–Trinajstić information content (AvgIpc) is 2.52. The molecular formula is C17H13ClF3N3O2. The van der Waals surface area contributed by atoms with Crippen LogP contribution in [0.25, 0.3) is 0 Å². The predicted molar refractivity (Wildman–Crippen MR) is 90.0 cm³/mol. The first-order chi connectivity index (χ1) is 12.0. The summed E-state index contributed by atoms with van der Waals surface area (Å²) in [7, 11) is 0. The summed E-state index contributed by atoms with van der Waals surface area (Å²) in [4.78, 5) is 24.4. The lowest BCUT2D eigenvalue weighted by Crippen LogP contribution is -2.31. The molecule has 0 saturated carbocycles. The number of amides is 1. The maximum absolute atomic E-state index is 12.9. The van der Waals surface area contributed by atoms with E-state index < -0.39 is 34.8 Å². The SMILES string of the molecule is Cc1cc(C)n(CC(=O)Nc2ccc(Cl)c(C(F)(F)F)c2)c(=O)c1C#N. The molecule has 26 heavy (non-hydrogen) atoms. The van der Waals surface area contributed by atoms with Gasteiger partial charge >= 0.3 is 6.18 Å². The molecule has 2 aromatic rings. The Morgan fingerprint density at radius 1 is 1.31 bits per heavy atom. The standard InChI is InChI=1S/C17H13ClF3N3O2/c1-9-5-10(2)24(16(26)12(9)7-22)8-15(25)23-11-3-4-14(18)13(6-11)17(19,20)21/h3-6H,8H2,1-2H3,(H,23,25). The summed E-state index contributed by atoms with van der Waals surface area (Å²) in [6.45, 7) is 2.75. The number of benzene rings is 1. The molecule has 0 saturated heterocycles. The molecule has 5 nitrogen and oxygen atoms in total. The van der Waals surface area contributed by atoms with E-state index in [1.807, 2.05) is 0 Å². The first-order valence-corrected chi connectivity index (χ1v) is 7.70. The lowest BCUT2D eigenvalue weighted by Gasteiger charge is -2.14. The fraction of sp³-hybridized carbons (Fsp3) is 0.235. The van der Waals surface area contributed by atoms with Crippen LogP contribution in [0.4, 0.5) is 18.9 Å². The zero-order valence-corrected chi connectivity index (χ0v) is 14.5. The molecule has 2 rings (SSSR count). The van der Waals surface area contributed by atoms with Crippen LogP contribution in [0.3, 0.4) is 0 Å². The summed E-state index contributed by atoms with van der Waals surface area (Å²) in [5.41, 5.74) is -0.966. The van der Waals surface area contributed by atoms with E-state index in [9.17, 15) is 22.8 Å². The zero-order chi connectivity index (χ0) is 19.6. The van der Waals surface area contributed by atoms with E-state index in [0.717, 1.165) is 10.6 Å². The van der Waals surface area contributed by atoms with Gasteiger partial charge in [-0.1, -0.05) is 11.6 Å². The summed E-state index contributed by atoms with van der Waals surface area (Å²) in [6.07, 6.45) is -4.66. The molecule has 0 radical (unpaired) electrons. The normalized spacial score (nSPS) is 11.1. The van der Waals surface area contributed by atoms with E-state index in [-0.39, 0.29) is 11.3 Å². The number of carbonyl (C=O) groups excluding carboxylic acids is 1. The number of hydrogen-bond acceptors (Lipinski definition) is 3. The maximum atomic E-state index is 12.9. The minimum atomic E-state index is -4.66. The van der Waals surface area contributed by atoms with Gasteiger partial charge in [0.1, 0.15) is 18.2 Å². The summed E-state index contributed by atoms with van der Waals surface area (Å²) in [6, 6.07) is 6.32. The number of rotatable bonds is 3. The monoisotopic (exact) mass is 383 g/mol. The number of anilines is 1. The molecule has 1 aromatic heterocycles. The van der Waals surface area contributed by atoms with Crippen molar-refractivity contribution in [3.8, 4) is 6.07 Å². The van der Waals surface area contributed by atoms with Crippen LogP contribution in [0.5, 0.6) is 0 Å². The van der Waals surface area contributed by atoms with Gasteiger partial charge in [-0.15, -0.1) is 0 Å². The van der Waals surface area contributed by atoms with Gasteiger partial charge in [-0.25, -0.2) is 0 Å². The molecular weight excluding hydrogens is 371 g/mol. The van der Waals surface area contributed by atoms with E-state index in [4.69, 9.17) is 16.9 Å². The molecule has 0 atom stereocenters. The van der Waals surface area contributed by atoms with Gasteiger partial charge in [-0.3, -0.25) is 9.59 Å². The van der Waals surface area contributed by atoms with Crippen molar-refractivity contribution in [3.05, 3.63) is 62.0 Å². The topological polar surface area (TPSA) is 74.9 Å². The van der Waals surface area contributed by atoms with Gasteiger partial charge in [-0.2, -0.15) is 18.4 Å². The minimum absolute atomic E-state index is 0.0887. The molecule has 9 heteroatoms. The van der Waals surface area contributed by atoms with E-state index >= 15 is 0 Å². The number of halogens is 4. The average molecular weight is 384 g/mol. The molecule has 0 fully saturated rings. The van der Waals surface area contributed by atoms with Gasteiger partial charge in [0.25, 0.3) is 5.56 Å². The molecule has 1 heterocycles. The van der Waals surface area contributed by atoms with Crippen molar-refractivity contribution in [1.82, 2.24) is 4.57 Å². The summed E-state index contributed by atoms with van der Waals surface area (Å²) in [5.74, 6) is -0.710. The van der Waals surface area contributed by atoms with Crippen LogP contribution < -0.4 is 10.9 Å². The number of aromatic nitrogens is 1. The molecule has 0 aliphatic rings. The Hall–Kier alpha value is -2.79. The number of nitriles is 1. The van der Waals surface area contributed by atoms with Crippen molar-refractivity contribution in [3.63, 3.8) is 0 Å². The number of pyridine rings is 1. The highest BCUT2D eigenvalue weighted by atomic mass is 35.5. The quantitative estimate of drug-likeness (QED) is 0.879. The molecule has 0 spiro atoms. The van der Waals surface area contributed by atoms with Crippen molar-refractivity contribution in [2.24, 2.45) is 0 Å². The van der Waals surface area contributed by atoms with Crippen molar-refractivity contribution in [2.75, 3.05) is 5.32 Å². The van der Waals surface area contributed by atoms with E-state index in [1.165, 1.54) is 6.07 Å². The Bertz CT molecular complexity index is 975. The van der Waals surface area contributed by atoms with Crippen molar-refractivity contribution in [2.45, 2.75) is 26.6 Å². The van der Waals surface area contributed by atoms with Gasteiger partial charge in [-0.05, 0) is 43.7 Å². The molecule has 0 unspecified atom stereocenters. The fourth-order valence-corrected chi connectivity index (χ4v) is 2.65. The number of nitrogens with one attached hydrogen (secondary N) is 1.